The third kappa shape index (κ3) is 4.79. The Balaban J connectivity index is 1.14. The molecule has 0 amide bonds. The van der Waals surface area contributed by atoms with Crippen molar-refractivity contribution in [1.29, 1.82) is 0 Å². The van der Waals surface area contributed by atoms with Crippen LogP contribution in [0.4, 0.5) is 8.78 Å². The van der Waals surface area contributed by atoms with E-state index in [0.717, 1.165) is 25.7 Å². The minimum atomic E-state index is -5.82. The molecule has 5 aliphatic rings. The summed E-state index contributed by atoms with van der Waals surface area (Å²) in [5.74, 6) is -4.83. The third-order valence-corrected chi connectivity index (χ3v) is 10.1. The van der Waals surface area contributed by atoms with Crippen molar-refractivity contribution in [3.05, 3.63) is 0 Å². The Morgan fingerprint density at radius 2 is 1.85 bits per heavy atom. The number of alkyl halides is 2. The maximum Gasteiger partial charge on any atom is 0.405 e. The first-order chi connectivity index (χ1) is 18.1. The molecule has 4 saturated carbocycles. The molecule has 1 N–H and O–H groups in total. The number of ether oxygens (including phenoxy) is 5. The first-order valence-corrected chi connectivity index (χ1v) is 14.3. The van der Waals surface area contributed by atoms with Gasteiger partial charge in [0.15, 0.2) is 6.10 Å². The van der Waals surface area contributed by atoms with Gasteiger partial charge in [-0.2, -0.15) is 17.2 Å². The van der Waals surface area contributed by atoms with Gasteiger partial charge in [0.25, 0.3) is 0 Å². The molecule has 12 nitrogen and oxygen atoms in total. The van der Waals surface area contributed by atoms with Crippen molar-refractivity contribution in [3.8, 4) is 0 Å². The molecule has 0 radical (unpaired) electrons. The molecular weight excluding hydrogens is 550 g/mol. The molecule has 4 aliphatic carbocycles. The molecule has 1 aliphatic heterocycles. The second-order valence-electron chi connectivity index (χ2n) is 11.4. The van der Waals surface area contributed by atoms with Crippen LogP contribution >= 0.6 is 0 Å². The van der Waals surface area contributed by atoms with Gasteiger partial charge in [0, 0.05) is 11.8 Å². The molecule has 0 aromatic heterocycles. The zero-order valence-corrected chi connectivity index (χ0v) is 22.1. The topological polar surface area (TPSA) is 169 Å². The molecule has 5 fully saturated rings. The van der Waals surface area contributed by atoms with E-state index in [1.54, 1.807) is 0 Å². The van der Waals surface area contributed by atoms with Crippen molar-refractivity contribution in [2.45, 2.75) is 75.1 Å². The average Bonchev–Trinajstić information content (AvgIpc) is 3.60. The number of rotatable bonds is 10. The summed E-state index contributed by atoms with van der Waals surface area (Å²) in [5, 5.41) is -4.74. The maximum absolute atomic E-state index is 13.5. The van der Waals surface area contributed by atoms with Gasteiger partial charge < -0.3 is 23.7 Å². The zero-order chi connectivity index (χ0) is 28.5. The van der Waals surface area contributed by atoms with E-state index in [0.29, 0.717) is 19.3 Å². The number of halogens is 2. The number of fused-ring (bicyclic) bond motifs is 3. The highest BCUT2D eigenvalue weighted by atomic mass is 32.2. The van der Waals surface area contributed by atoms with Gasteiger partial charge in [-0.1, -0.05) is 0 Å². The molecular formula is C24H30F2O12S. The van der Waals surface area contributed by atoms with Crippen molar-refractivity contribution >= 4 is 34.0 Å². The van der Waals surface area contributed by atoms with Gasteiger partial charge in [-0.05, 0) is 57.8 Å². The highest BCUT2D eigenvalue weighted by Gasteiger charge is 2.70. The van der Waals surface area contributed by atoms with Crippen LogP contribution in [0.25, 0.3) is 0 Å². The number of esters is 4. The number of carbonyl (C=O) groups is 4. The van der Waals surface area contributed by atoms with Crippen LogP contribution in [0, 0.1) is 35.5 Å². The predicted octanol–water partition coefficient (Wildman–Crippen LogP) is 1.26. The summed E-state index contributed by atoms with van der Waals surface area (Å²) >= 11 is 0. The highest BCUT2D eigenvalue weighted by molar-refractivity contribution is 7.86. The maximum atomic E-state index is 13.5. The Bertz CT molecular complexity index is 1170. The summed E-state index contributed by atoms with van der Waals surface area (Å²) in [4.78, 5) is 50.1. The summed E-state index contributed by atoms with van der Waals surface area (Å²) < 4.78 is 83.1. The lowest BCUT2D eigenvalue weighted by molar-refractivity contribution is -0.180. The fraction of sp³-hybridized carbons (Fsp3) is 0.833. The molecule has 10 unspecified atom stereocenters. The summed E-state index contributed by atoms with van der Waals surface area (Å²) in [6.07, 6.45) is 0.204. The second-order valence-corrected chi connectivity index (χ2v) is 12.9. The Morgan fingerprint density at radius 1 is 1.15 bits per heavy atom. The number of hydrogen-bond acceptors (Lipinski definition) is 11. The lowest BCUT2D eigenvalue weighted by atomic mass is 9.78. The van der Waals surface area contributed by atoms with E-state index in [1.807, 2.05) is 6.92 Å². The molecule has 0 aromatic carbocycles. The largest absolute Gasteiger partial charge is 0.459 e. The average molecular weight is 581 g/mol. The molecule has 1 saturated heterocycles. The molecule has 15 heteroatoms. The van der Waals surface area contributed by atoms with Crippen LogP contribution in [0.2, 0.25) is 0 Å². The van der Waals surface area contributed by atoms with Gasteiger partial charge in [0.05, 0.1) is 11.8 Å². The van der Waals surface area contributed by atoms with Crippen LogP contribution < -0.4 is 0 Å². The van der Waals surface area contributed by atoms with Crippen molar-refractivity contribution < 1.29 is 64.6 Å². The van der Waals surface area contributed by atoms with Crippen molar-refractivity contribution in [1.82, 2.24) is 0 Å². The van der Waals surface area contributed by atoms with Crippen molar-refractivity contribution in [2.75, 3.05) is 13.2 Å². The van der Waals surface area contributed by atoms with Crippen molar-refractivity contribution in [2.24, 2.45) is 35.5 Å². The Labute approximate surface area is 222 Å². The minimum Gasteiger partial charge on any atom is -0.459 e. The van der Waals surface area contributed by atoms with Crippen LogP contribution in [-0.2, 0) is 53.0 Å². The molecule has 5 rings (SSSR count). The molecule has 0 spiro atoms. The molecule has 1 heterocycles. The standard InChI is InChI=1S/C24H30F2O12S/c1-10(24(25,26)39(31,32)33)35-15(27)8-34-9-16(28)36-19-14-6-13-17(21(29)37-20(13)19)18(14)22(30)38-23(2)7-11-3-4-12(23)5-11/h10-14,17-20H,3-9H2,1-2H3,(H,31,32,33). The Kier molecular flexibility index (Phi) is 6.94. The predicted molar refractivity (Wildman–Crippen MR) is 121 cm³/mol. The Hall–Kier alpha value is -2.39. The van der Waals surface area contributed by atoms with Crippen molar-refractivity contribution in [3.63, 3.8) is 0 Å². The van der Waals surface area contributed by atoms with Crippen LogP contribution in [0.3, 0.4) is 0 Å². The van der Waals surface area contributed by atoms with E-state index in [1.165, 1.54) is 0 Å². The summed E-state index contributed by atoms with van der Waals surface area (Å²) in [6, 6.07) is 0. The Morgan fingerprint density at radius 3 is 2.46 bits per heavy atom. The minimum absolute atomic E-state index is 0.285. The fourth-order valence-corrected chi connectivity index (χ4v) is 7.83. The van der Waals surface area contributed by atoms with Crippen LogP contribution in [0.15, 0.2) is 0 Å². The zero-order valence-electron chi connectivity index (χ0n) is 21.2. The van der Waals surface area contributed by atoms with Crippen LogP contribution in [0.1, 0.15) is 46.0 Å². The lowest BCUT2D eigenvalue weighted by Gasteiger charge is -2.37. The first kappa shape index (κ1) is 28.1. The summed E-state index contributed by atoms with van der Waals surface area (Å²) in [6.45, 7) is 0.701. The monoisotopic (exact) mass is 580 g/mol. The lowest BCUT2D eigenvalue weighted by Crippen LogP contribution is -2.47. The van der Waals surface area contributed by atoms with Gasteiger partial charge in [-0.3, -0.25) is 14.1 Å². The van der Waals surface area contributed by atoms with E-state index in [4.69, 9.17) is 23.5 Å². The van der Waals surface area contributed by atoms with Gasteiger partial charge >= 0.3 is 39.2 Å². The molecule has 4 bridgehead atoms. The van der Waals surface area contributed by atoms with E-state index in [2.05, 4.69) is 4.74 Å². The van der Waals surface area contributed by atoms with E-state index < -0.39 is 94.1 Å². The van der Waals surface area contributed by atoms with Gasteiger partial charge in [0.1, 0.15) is 31.0 Å². The number of hydrogen-bond donors (Lipinski definition) is 1. The van der Waals surface area contributed by atoms with E-state index in [-0.39, 0.29) is 11.8 Å². The molecule has 39 heavy (non-hydrogen) atoms. The smallest absolute Gasteiger partial charge is 0.405 e. The number of carbonyl (C=O) groups excluding carboxylic acids is 4. The normalized spacial score (nSPS) is 38.9. The van der Waals surface area contributed by atoms with E-state index >= 15 is 0 Å². The second kappa shape index (κ2) is 9.61. The summed E-state index contributed by atoms with van der Waals surface area (Å²) in [5.41, 5.74) is -0.582. The van der Waals surface area contributed by atoms with Gasteiger partial charge in [0.2, 0.25) is 0 Å². The summed E-state index contributed by atoms with van der Waals surface area (Å²) in [7, 11) is -5.82. The molecule has 218 valence electrons. The third-order valence-electron chi connectivity index (χ3n) is 9.08. The van der Waals surface area contributed by atoms with Crippen LogP contribution in [0.5, 0.6) is 0 Å². The molecule has 0 aromatic rings. The SMILES string of the molecule is CC(OC(=O)COCC(=O)OC1C2CC3C1OC(=O)C3C2C(=O)OC1(C)CC2CCC1C2)C(F)(F)S(=O)(=O)O. The first-order valence-electron chi connectivity index (χ1n) is 12.9. The highest BCUT2D eigenvalue weighted by Crippen LogP contribution is 2.60. The fourth-order valence-electron chi connectivity index (χ4n) is 7.36. The van der Waals surface area contributed by atoms with Crippen LogP contribution in [-0.4, -0.2) is 79.2 Å². The van der Waals surface area contributed by atoms with E-state index in [9.17, 15) is 36.4 Å². The van der Waals surface area contributed by atoms with Gasteiger partial charge in [-0.15, -0.1) is 0 Å². The molecule has 10 atom stereocenters. The van der Waals surface area contributed by atoms with Gasteiger partial charge in [-0.25, -0.2) is 9.59 Å². The quantitative estimate of drug-likeness (QED) is 0.223.